The molecule has 71 heavy (non-hydrogen) atoms. The van der Waals surface area contributed by atoms with Crippen LogP contribution in [0.3, 0.4) is 0 Å². The van der Waals surface area contributed by atoms with Crippen molar-refractivity contribution in [2.24, 2.45) is 11.3 Å². The lowest BCUT2D eigenvalue weighted by Gasteiger charge is -2.38. The summed E-state index contributed by atoms with van der Waals surface area (Å²) in [5.41, 5.74) is 10.8. The van der Waals surface area contributed by atoms with Gasteiger partial charge in [0.25, 0.3) is 11.8 Å². The van der Waals surface area contributed by atoms with Gasteiger partial charge in [-0.1, -0.05) is 33.8 Å². The van der Waals surface area contributed by atoms with Crippen molar-refractivity contribution in [1.82, 2.24) is 45.1 Å². The second-order valence-corrected chi connectivity index (χ2v) is 22.6. The Kier molecular flexibility index (Phi) is 13.8. The summed E-state index contributed by atoms with van der Waals surface area (Å²) in [5.74, 6) is -2.22. The second-order valence-electron chi connectivity index (χ2n) is 20.9. The molecule has 4 aliphatic heterocycles. The summed E-state index contributed by atoms with van der Waals surface area (Å²) >= 11 is 2.53. The van der Waals surface area contributed by atoms with E-state index < -0.39 is 53.3 Å². The Morgan fingerprint density at radius 1 is 0.972 bits per heavy atom. The zero-order chi connectivity index (χ0) is 49.9. The average Bonchev–Trinajstić information content (AvgIpc) is 3.77. The van der Waals surface area contributed by atoms with Crippen LogP contribution in [0.1, 0.15) is 111 Å². The number of fused-ring (bicyclic) bond motifs is 10. The van der Waals surface area contributed by atoms with Crippen LogP contribution >= 0.6 is 22.7 Å². The molecule has 1 aromatic carbocycles. The van der Waals surface area contributed by atoms with E-state index in [0.29, 0.717) is 42.2 Å². The van der Waals surface area contributed by atoms with Crippen molar-refractivity contribution in [3.05, 3.63) is 68.2 Å². The molecule has 1 aliphatic carbocycles. The first-order valence-electron chi connectivity index (χ1n) is 25.1. The Morgan fingerprint density at radius 2 is 1.76 bits per heavy atom. The molecule has 5 aromatic rings. The number of esters is 1. The number of aromatic nitrogens is 4. The normalized spacial score (nSPS) is 24.3. The maximum Gasteiger partial charge on any atom is 0.324 e. The van der Waals surface area contributed by atoms with Gasteiger partial charge in [-0.2, -0.15) is 0 Å². The fraction of sp³-hybridized carbons (Fsp3) is 0.558. The Bertz CT molecular complexity index is 2830. The minimum atomic E-state index is -1.31. The molecule has 19 heteroatoms. The van der Waals surface area contributed by atoms with Gasteiger partial charge in [0.05, 0.1) is 54.0 Å². The molecule has 0 spiro atoms. The van der Waals surface area contributed by atoms with Crippen molar-refractivity contribution in [2.45, 2.75) is 123 Å². The van der Waals surface area contributed by atoms with Crippen LogP contribution in [0.2, 0.25) is 0 Å². The first-order valence-corrected chi connectivity index (χ1v) is 26.9. The van der Waals surface area contributed by atoms with Crippen LogP contribution in [-0.4, -0.2) is 136 Å². The molecular weight excluding hydrogens is 941 g/mol. The maximum absolute atomic E-state index is 15.1. The van der Waals surface area contributed by atoms with Crippen LogP contribution in [0.15, 0.2) is 41.2 Å². The number of pyridine rings is 1. The smallest absolute Gasteiger partial charge is 0.324 e. The third-order valence-corrected chi connectivity index (χ3v) is 16.6. The third kappa shape index (κ3) is 9.72. The molecule has 0 radical (unpaired) electrons. The van der Waals surface area contributed by atoms with Gasteiger partial charge >= 0.3 is 5.97 Å². The number of hydrogen-bond acceptors (Lipinski definition) is 15. The van der Waals surface area contributed by atoms with Crippen molar-refractivity contribution in [3.8, 4) is 22.5 Å². The highest BCUT2D eigenvalue weighted by molar-refractivity contribution is 7.11. The number of thiazole rings is 2. The van der Waals surface area contributed by atoms with Gasteiger partial charge in [-0.15, -0.1) is 22.7 Å². The highest BCUT2D eigenvalue weighted by atomic mass is 32.1. The number of hydrogen-bond donors (Lipinski definition) is 2. The number of nitrogens with one attached hydrogen (secondary N) is 2. The topological polar surface area (TPSA) is 177 Å². The Morgan fingerprint density at radius 3 is 2.49 bits per heavy atom. The first-order chi connectivity index (χ1) is 34.1. The molecule has 4 aromatic heterocycles. The highest BCUT2D eigenvalue weighted by Crippen LogP contribution is 2.44. The zero-order valence-corrected chi connectivity index (χ0v) is 43.7. The highest BCUT2D eigenvalue weighted by Gasteiger charge is 2.43. The van der Waals surface area contributed by atoms with E-state index in [1.165, 1.54) is 45.4 Å². The number of amides is 3. The molecule has 17 nitrogen and oxygen atoms in total. The van der Waals surface area contributed by atoms with E-state index >= 15 is 4.79 Å². The van der Waals surface area contributed by atoms with Crippen LogP contribution in [0.5, 0.6) is 0 Å². The lowest BCUT2D eigenvalue weighted by Crippen LogP contribution is -2.63. The quantitative estimate of drug-likeness (QED) is 0.164. The summed E-state index contributed by atoms with van der Waals surface area (Å²) in [6.07, 6.45) is 4.73. The van der Waals surface area contributed by atoms with Gasteiger partial charge in [0.2, 0.25) is 5.91 Å². The molecule has 1 saturated carbocycles. The number of methoxy groups -OCH3 is 1. The van der Waals surface area contributed by atoms with E-state index in [2.05, 4.69) is 75.1 Å². The van der Waals surface area contributed by atoms with E-state index in [1.807, 2.05) is 32.3 Å². The molecule has 378 valence electrons. The van der Waals surface area contributed by atoms with Crippen LogP contribution in [0.25, 0.3) is 33.4 Å². The van der Waals surface area contributed by atoms with E-state index in [4.69, 9.17) is 24.2 Å². The summed E-state index contributed by atoms with van der Waals surface area (Å²) in [6, 6.07) is 6.39. The molecule has 8 bridgehead atoms. The largest absolute Gasteiger partial charge is 0.464 e. The van der Waals surface area contributed by atoms with Gasteiger partial charge in [-0.3, -0.25) is 34.1 Å². The number of likely N-dealkylation sites (N-methyl/N-ethyl adjacent to an activating group) is 1. The molecule has 10 rings (SSSR count). The molecule has 8 heterocycles. The van der Waals surface area contributed by atoms with Crippen LogP contribution in [0, 0.1) is 11.3 Å². The number of benzene rings is 1. The van der Waals surface area contributed by atoms with Crippen molar-refractivity contribution >= 4 is 63.0 Å². The molecule has 0 unspecified atom stereocenters. The Hall–Kier alpha value is -5.31. The Labute approximate surface area is 423 Å². The summed E-state index contributed by atoms with van der Waals surface area (Å²) in [4.78, 5) is 79.0. The summed E-state index contributed by atoms with van der Waals surface area (Å²) in [6.45, 7) is 17.1. The number of aryl methyl sites for hydroxylation is 1. The molecule has 2 N–H and O–H groups in total. The maximum atomic E-state index is 15.1. The summed E-state index contributed by atoms with van der Waals surface area (Å²) < 4.78 is 21.3. The van der Waals surface area contributed by atoms with E-state index in [9.17, 15) is 14.4 Å². The van der Waals surface area contributed by atoms with Crippen molar-refractivity contribution in [2.75, 3.05) is 58.4 Å². The van der Waals surface area contributed by atoms with Gasteiger partial charge in [0.1, 0.15) is 29.2 Å². The molecular formula is C52H66N10O7S2. The first kappa shape index (κ1) is 49.3. The number of cyclic esters (lactones) is 1. The predicted molar refractivity (Wildman–Crippen MR) is 273 cm³/mol. The van der Waals surface area contributed by atoms with Crippen LogP contribution < -0.4 is 15.6 Å². The summed E-state index contributed by atoms with van der Waals surface area (Å²) in [7, 11) is 3.31. The van der Waals surface area contributed by atoms with E-state index in [0.717, 1.165) is 76.9 Å². The number of nitrogens with zero attached hydrogens (tertiary/aromatic N) is 8. The molecule has 5 atom stereocenters. The second kappa shape index (κ2) is 19.9. The van der Waals surface area contributed by atoms with Gasteiger partial charge in [0.15, 0.2) is 5.01 Å². The van der Waals surface area contributed by atoms with Gasteiger partial charge < -0.3 is 33.9 Å². The third-order valence-electron chi connectivity index (χ3n) is 14.8. The number of anilines is 1. The summed E-state index contributed by atoms with van der Waals surface area (Å²) in [5, 5.41) is 9.92. The SMILES string of the molecule is CCn1c(-c2cc(N3CCN(C4CC4)CC3)cnc2[C@H](C)OC)c2c3cc(ccc31)-c1csc(n1)[C@H]1OCc3csc(n3)C(=O)N(C)[C@@H](C(C)C)C(=O)N[C@@H]1C(=O)N1CCC[C@H](N1)C(=O)OCC(C)(C)C2. The minimum Gasteiger partial charge on any atom is -0.464 e. The number of carbonyl (C=O) groups is 4. The fourth-order valence-corrected chi connectivity index (χ4v) is 12.5. The molecule has 3 fully saturated rings. The number of rotatable bonds is 7. The number of ether oxygens (including phenoxy) is 3. The van der Waals surface area contributed by atoms with Crippen molar-refractivity contribution < 1.29 is 33.4 Å². The predicted octanol–water partition coefficient (Wildman–Crippen LogP) is 6.77. The van der Waals surface area contributed by atoms with Gasteiger partial charge in [-0.05, 0) is 75.6 Å². The minimum absolute atomic E-state index is 0.0580. The Balaban J connectivity index is 1.12. The average molecular weight is 1010 g/mol. The number of piperazine rings is 1. The van der Waals surface area contributed by atoms with Crippen molar-refractivity contribution in [3.63, 3.8) is 0 Å². The van der Waals surface area contributed by atoms with E-state index in [-0.39, 0.29) is 36.8 Å². The van der Waals surface area contributed by atoms with Crippen molar-refractivity contribution in [1.29, 1.82) is 0 Å². The zero-order valence-electron chi connectivity index (χ0n) is 42.0. The molecule has 3 amide bonds. The van der Waals surface area contributed by atoms with Gasteiger partial charge in [0, 0.05) is 97.7 Å². The lowest BCUT2D eigenvalue weighted by molar-refractivity contribution is -0.157. The lowest BCUT2D eigenvalue weighted by atomic mass is 9.84. The van der Waals surface area contributed by atoms with Crippen LogP contribution in [0.4, 0.5) is 5.69 Å². The fourth-order valence-electron chi connectivity index (χ4n) is 10.8. The monoisotopic (exact) mass is 1010 g/mol. The standard InChI is InChI=1S/C52H66N10O7S2/c1-9-61-40-15-12-31-21-35(40)37(44(61)36-22-34(24-53-41(36)30(4)67-8)60-19-17-59(18-20-60)33-13-14-33)23-52(5,6)28-69-51(66)38-11-10-16-62(57-38)49(64)42-45(47-55-39(31)27-71-47)68-25-32-26-70-48(54-32)50(65)58(7)43(29(2)3)46(63)56-42/h12,15,21-22,24,26-27,29-30,33,38,42-43,45,57H,9-11,13-14,16-20,23,25,28H2,1-8H3,(H,56,63)/t30-,38-,42-,43-,45-/m0/s1. The number of hydrazine groups is 1. The molecule has 2 saturated heterocycles. The molecule has 5 aliphatic rings. The van der Waals surface area contributed by atoms with E-state index in [1.54, 1.807) is 19.5 Å². The number of carbonyl (C=O) groups excluding carboxylic acids is 4. The van der Waals surface area contributed by atoms with Crippen LogP contribution in [-0.2, 0) is 48.2 Å². The van der Waals surface area contributed by atoms with Gasteiger partial charge in [-0.25, -0.2) is 15.4 Å².